The lowest BCUT2D eigenvalue weighted by atomic mass is 10.2. The molecule has 0 N–H and O–H groups in total. The molecule has 0 bridgehead atoms. The Balaban J connectivity index is 1.78. The van der Waals surface area contributed by atoms with Crippen molar-refractivity contribution in [1.29, 1.82) is 0 Å². The van der Waals surface area contributed by atoms with E-state index < -0.39 is 21.7 Å². The zero-order chi connectivity index (χ0) is 23.5. The summed E-state index contributed by atoms with van der Waals surface area (Å²) in [4.78, 5) is 38.3. The molecule has 11 heteroatoms. The number of carbonyl (C=O) groups excluding carboxylic acids is 2. The first-order valence-electron chi connectivity index (χ1n) is 10.7. The number of amides is 1. The maximum absolute atomic E-state index is 12.8. The van der Waals surface area contributed by atoms with E-state index >= 15 is 0 Å². The van der Waals surface area contributed by atoms with Crippen LogP contribution in [0.15, 0.2) is 32.3 Å². The van der Waals surface area contributed by atoms with Gasteiger partial charge in [-0.05, 0) is 45.7 Å². The quantitative estimate of drug-likeness (QED) is 0.514. The molecule has 10 nitrogen and oxygen atoms in total. The second-order valence-electron chi connectivity index (χ2n) is 7.93. The highest BCUT2D eigenvalue weighted by Crippen LogP contribution is 2.24. The maximum Gasteiger partial charge on any atom is 0.419 e. The average molecular weight is 468 g/mol. The molecular formula is C21H29N3O7S. The topological polar surface area (TPSA) is 119 Å². The van der Waals surface area contributed by atoms with Crippen molar-refractivity contribution in [3.05, 3.63) is 28.7 Å². The molecule has 3 rings (SSSR count). The summed E-state index contributed by atoms with van der Waals surface area (Å²) in [5, 5.41) is 0. The van der Waals surface area contributed by atoms with Gasteiger partial charge in [0.2, 0.25) is 15.9 Å². The molecule has 32 heavy (non-hydrogen) atoms. The van der Waals surface area contributed by atoms with Crippen LogP contribution >= 0.6 is 0 Å². The number of ether oxygens (including phenoxy) is 1. The molecule has 1 aliphatic heterocycles. The van der Waals surface area contributed by atoms with Crippen LogP contribution in [0.4, 0.5) is 0 Å². The fraction of sp³-hybridized carbons (Fsp3) is 0.571. The van der Waals surface area contributed by atoms with E-state index in [4.69, 9.17) is 9.15 Å². The minimum Gasteiger partial charge on any atom is -0.465 e. The summed E-state index contributed by atoms with van der Waals surface area (Å²) in [6.45, 7) is 6.33. The van der Waals surface area contributed by atoms with E-state index in [0.717, 1.165) is 12.8 Å². The number of benzene rings is 1. The molecule has 1 fully saturated rings. The fourth-order valence-corrected chi connectivity index (χ4v) is 5.28. The van der Waals surface area contributed by atoms with Gasteiger partial charge in [0.25, 0.3) is 0 Å². The maximum atomic E-state index is 12.8. The predicted octanol–water partition coefficient (Wildman–Crippen LogP) is 1.57. The molecule has 2 heterocycles. The van der Waals surface area contributed by atoms with Crippen molar-refractivity contribution in [3.63, 3.8) is 0 Å². The normalized spacial score (nSPS) is 14.9. The summed E-state index contributed by atoms with van der Waals surface area (Å²) in [5.74, 6) is -1.47. The first kappa shape index (κ1) is 24.0. The van der Waals surface area contributed by atoms with Gasteiger partial charge in [-0.2, -0.15) is 4.31 Å². The molecule has 1 aliphatic rings. The second-order valence-corrected chi connectivity index (χ2v) is 9.87. The van der Waals surface area contributed by atoms with Crippen LogP contribution in [0.1, 0.15) is 40.0 Å². The van der Waals surface area contributed by atoms with Crippen LogP contribution in [0.25, 0.3) is 11.1 Å². The van der Waals surface area contributed by atoms with Crippen molar-refractivity contribution >= 4 is 33.0 Å². The zero-order valence-electron chi connectivity index (χ0n) is 18.6. The Labute approximate surface area is 186 Å². The van der Waals surface area contributed by atoms with E-state index in [1.54, 1.807) is 20.8 Å². The van der Waals surface area contributed by atoms with Crippen LogP contribution in [0.2, 0.25) is 0 Å². The minimum absolute atomic E-state index is 0.0278. The van der Waals surface area contributed by atoms with E-state index in [-0.39, 0.29) is 48.5 Å². The van der Waals surface area contributed by atoms with Crippen molar-refractivity contribution in [2.24, 2.45) is 0 Å². The highest BCUT2D eigenvalue weighted by molar-refractivity contribution is 7.89. The number of aryl methyl sites for hydroxylation is 1. The number of aromatic nitrogens is 1. The Morgan fingerprint density at radius 1 is 1.22 bits per heavy atom. The highest BCUT2D eigenvalue weighted by atomic mass is 32.2. The van der Waals surface area contributed by atoms with E-state index in [1.807, 2.05) is 0 Å². The molecule has 0 atom stereocenters. The number of hydrogen-bond donors (Lipinski definition) is 0. The third kappa shape index (κ3) is 5.04. The molecule has 0 saturated carbocycles. The third-order valence-electron chi connectivity index (χ3n) is 5.44. The lowest BCUT2D eigenvalue weighted by Crippen LogP contribution is -2.41. The molecule has 0 unspecified atom stereocenters. The summed E-state index contributed by atoms with van der Waals surface area (Å²) >= 11 is 0. The number of hydrogen-bond acceptors (Lipinski definition) is 7. The second kappa shape index (κ2) is 9.86. The van der Waals surface area contributed by atoms with E-state index in [1.165, 1.54) is 32.0 Å². The largest absolute Gasteiger partial charge is 0.465 e. The molecular weight excluding hydrogens is 438 g/mol. The van der Waals surface area contributed by atoms with E-state index in [0.29, 0.717) is 18.6 Å². The van der Waals surface area contributed by atoms with Crippen LogP contribution in [-0.4, -0.2) is 66.3 Å². The number of fused-ring (bicyclic) bond motifs is 1. The number of oxazole rings is 1. The van der Waals surface area contributed by atoms with Gasteiger partial charge in [-0.25, -0.2) is 13.2 Å². The summed E-state index contributed by atoms with van der Waals surface area (Å²) in [7, 11) is -3.64. The SMILES string of the molecule is CCOC(=O)CN(C(=O)CCn1c(=O)oc2cc(S(=O)(=O)N3CCCC3)ccc21)C(C)C. The lowest BCUT2D eigenvalue weighted by molar-refractivity contribution is -0.150. The predicted molar refractivity (Wildman–Crippen MR) is 117 cm³/mol. The van der Waals surface area contributed by atoms with Gasteiger partial charge in [0.05, 0.1) is 17.0 Å². The standard InChI is InChI=1S/C21H29N3O7S/c1-4-30-20(26)14-24(15(2)3)19(25)9-12-23-17-8-7-16(13-18(17)31-21(23)27)32(28,29)22-10-5-6-11-22/h7-8,13,15H,4-6,9-12,14H2,1-3H3. The van der Waals surface area contributed by atoms with Gasteiger partial charge in [0.1, 0.15) is 6.54 Å². The summed E-state index contributed by atoms with van der Waals surface area (Å²) in [6.07, 6.45) is 1.62. The third-order valence-corrected chi connectivity index (χ3v) is 7.33. The monoisotopic (exact) mass is 467 g/mol. The summed E-state index contributed by atoms with van der Waals surface area (Å²) in [5.41, 5.74) is 0.555. The van der Waals surface area contributed by atoms with E-state index in [2.05, 4.69) is 0 Å². The van der Waals surface area contributed by atoms with Gasteiger partial charge in [-0.15, -0.1) is 0 Å². The van der Waals surface area contributed by atoms with Gasteiger partial charge < -0.3 is 14.1 Å². The van der Waals surface area contributed by atoms with Crippen molar-refractivity contribution in [1.82, 2.24) is 13.8 Å². The van der Waals surface area contributed by atoms with E-state index in [9.17, 15) is 22.8 Å². The smallest absolute Gasteiger partial charge is 0.419 e. The van der Waals surface area contributed by atoms with Gasteiger partial charge in [-0.1, -0.05) is 0 Å². The Kier molecular flexibility index (Phi) is 7.40. The molecule has 1 aromatic heterocycles. The first-order valence-corrected chi connectivity index (χ1v) is 12.2. The van der Waals surface area contributed by atoms with Gasteiger partial charge in [-0.3, -0.25) is 14.2 Å². The Hall–Kier alpha value is -2.66. The fourth-order valence-electron chi connectivity index (χ4n) is 3.75. The Bertz CT molecular complexity index is 1140. The van der Waals surface area contributed by atoms with Crippen LogP contribution in [0.5, 0.6) is 0 Å². The van der Waals surface area contributed by atoms with Crippen molar-refractivity contribution in [3.8, 4) is 0 Å². The number of esters is 1. The molecule has 0 aliphatic carbocycles. The number of nitrogens with zero attached hydrogens (tertiary/aromatic N) is 3. The lowest BCUT2D eigenvalue weighted by Gasteiger charge is -2.25. The number of sulfonamides is 1. The van der Waals surface area contributed by atoms with Gasteiger partial charge in [0, 0.05) is 38.2 Å². The molecule has 0 spiro atoms. The Morgan fingerprint density at radius 3 is 2.53 bits per heavy atom. The van der Waals surface area contributed by atoms with Crippen molar-refractivity contribution in [2.75, 3.05) is 26.2 Å². The van der Waals surface area contributed by atoms with Crippen LogP contribution in [0, 0.1) is 0 Å². The Morgan fingerprint density at radius 2 is 1.91 bits per heavy atom. The summed E-state index contributed by atoms with van der Waals surface area (Å²) < 4.78 is 38.4. The van der Waals surface area contributed by atoms with Crippen LogP contribution in [0.3, 0.4) is 0 Å². The highest BCUT2D eigenvalue weighted by Gasteiger charge is 2.28. The van der Waals surface area contributed by atoms with Crippen molar-refractivity contribution < 1.29 is 27.2 Å². The van der Waals surface area contributed by atoms with Crippen LogP contribution in [-0.2, 0) is 30.9 Å². The summed E-state index contributed by atoms with van der Waals surface area (Å²) in [6, 6.07) is 4.10. The molecule has 1 amide bonds. The number of carbonyl (C=O) groups is 2. The van der Waals surface area contributed by atoms with Crippen LogP contribution < -0.4 is 5.76 Å². The average Bonchev–Trinajstić information content (AvgIpc) is 3.38. The first-order chi connectivity index (χ1) is 15.1. The van der Waals surface area contributed by atoms with Gasteiger partial charge in [0.15, 0.2) is 5.58 Å². The van der Waals surface area contributed by atoms with Gasteiger partial charge >= 0.3 is 11.7 Å². The van der Waals surface area contributed by atoms with Crippen molar-refractivity contribution in [2.45, 2.75) is 57.5 Å². The zero-order valence-corrected chi connectivity index (χ0v) is 19.4. The molecule has 1 saturated heterocycles. The molecule has 1 aromatic carbocycles. The molecule has 2 aromatic rings. The minimum atomic E-state index is -3.64. The molecule has 0 radical (unpaired) electrons. The number of rotatable bonds is 9. The molecule has 176 valence electrons.